The third-order valence-electron chi connectivity index (χ3n) is 2.78. The minimum absolute atomic E-state index is 0.0313. The Morgan fingerprint density at radius 3 is 2.55 bits per heavy atom. The Hall–Kier alpha value is -0.180. The average Bonchev–Trinajstić information content (AvgIpc) is 1.95. The average molecular weight is 164 g/mol. The van der Waals surface area contributed by atoms with Crippen LogP contribution in [0.25, 0.3) is 0 Å². The van der Waals surface area contributed by atoms with Crippen molar-refractivity contribution in [2.45, 2.75) is 26.7 Å². The number of rotatable bonds is 1. The molecule has 1 aliphatic heterocycles. The molecule has 0 aromatic heterocycles. The van der Waals surface area contributed by atoms with Crippen LogP contribution in [0.2, 0.25) is 0 Å². The Kier molecular flexibility index (Phi) is 2.47. The molecule has 1 saturated heterocycles. The maximum Gasteiger partial charge on any atom is 0.244 e. The lowest BCUT2D eigenvalue weighted by molar-refractivity contribution is -0.107. The maximum absolute atomic E-state index is 12.5. The SMILES string of the molecule is CC1COCCC1(C)C(F)F. The van der Waals surface area contributed by atoms with Crippen LogP contribution >= 0.6 is 0 Å². The molecule has 0 aliphatic carbocycles. The van der Waals surface area contributed by atoms with Crippen LogP contribution in [-0.2, 0) is 4.74 Å². The van der Waals surface area contributed by atoms with Crippen LogP contribution in [0, 0.1) is 11.3 Å². The van der Waals surface area contributed by atoms with Crippen LogP contribution in [0.15, 0.2) is 0 Å². The predicted octanol–water partition coefficient (Wildman–Crippen LogP) is 2.31. The van der Waals surface area contributed by atoms with Gasteiger partial charge in [-0.05, 0) is 12.3 Å². The molecular formula is C8H14F2O. The Morgan fingerprint density at radius 1 is 1.55 bits per heavy atom. The van der Waals surface area contributed by atoms with E-state index in [1.165, 1.54) is 0 Å². The van der Waals surface area contributed by atoms with Gasteiger partial charge in [-0.2, -0.15) is 0 Å². The van der Waals surface area contributed by atoms with Gasteiger partial charge in [-0.1, -0.05) is 13.8 Å². The summed E-state index contributed by atoms with van der Waals surface area (Å²) in [4.78, 5) is 0. The van der Waals surface area contributed by atoms with Crippen molar-refractivity contribution in [1.82, 2.24) is 0 Å². The minimum atomic E-state index is -2.22. The monoisotopic (exact) mass is 164 g/mol. The first-order chi connectivity index (χ1) is 5.07. The van der Waals surface area contributed by atoms with E-state index in [2.05, 4.69) is 0 Å². The summed E-state index contributed by atoms with van der Waals surface area (Å²) >= 11 is 0. The molecule has 0 saturated carbocycles. The van der Waals surface area contributed by atoms with Crippen LogP contribution in [0.1, 0.15) is 20.3 Å². The fraction of sp³-hybridized carbons (Fsp3) is 1.00. The zero-order valence-electron chi connectivity index (χ0n) is 6.94. The van der Waals surface area contributed by atoms with Crippen molar-refractivity contribution >= 4 is 0 Å². The Balaban J connectivity index is 2.64. The molecule has 0 aromatic rings. The van der Waals surface area contributed by atoms with Gasteiger partial charge >= 0.3 is 0 Å². The Bertz CT molecular complexity index is 138. The highest BCUT2D eigenvalue weighted by atomic mass is 19.3. The third-order valence-corrected chi connectivity index (χ3v) is 2.78. The highest BCUT2D eigenvalue weighted by Crippen LogP contribution is 2.40. The van der Waals surface area contributed by atoms with E-state index < -0.39 is 11.8 Å². The third kappa shape index (κ3) is 1.53. The second-order valence-electron chi connectivity index (χ2n) is 3.53. The van der Waals surface area contributed by atoms with Gasteiger partial charge in [0.1, 0.15) is 0 Å². The summed E-state index contributed by atoms with van der Waals surface area (Å²) in [5.41, 5.74) is -0.821. The summed E-state index contributed by atoms with van der Waals surface area (Å²) in [6.45, 7) is 4.42. The van der Waals surface area contributed by atoms with E-state index in [-0.39, 0.29) is 5.92 Å². The van der Waals surface area contributed by atoms with Gasteiger partial charge in [-0.15, -0.1) is 0 Å². The molecule has 1 rings (SSSR count). The van der Waals surface area contributed by atoms with Gasteiger partial charge in [0.15, 0.2) is 0 Å². The number of hydrogen-bond acceptors (Lipinski definition) is 1. The van der Waals surface area contributed by atoms with E-state index in [4.69, 9.17) is 4.74 Å². The Morgan fingerprint density at radius 2 is 2.18 bits per heavy atom. The predicted molar refractivity (Wildman–Crippen MR) is 38.7 cm³/mol. The number of ether oxygens (including phenoxy) is 1. The highest BCUT2D eigenvalue weighted by molar-refractivity contribution is 4.84. The van der Waals surface area contributed by atoms with Crippen LogP contribution < -0.4 is 0 Å². The lowest BCUT2D eigenvalue weighted by Gasteiger charge is -2.38. The first-order valence-corrected chi connectivity index (χ1v) is 3.93. The molecule has 11 heavy (non-hydrogen) atoms. The quantitative estimate of drug-likeness (QED) is 0.578. The smallest absolute Gasteiger partial charge is 0.244 e. The van der Waals surface area contributed by atoms with Crippen molar-refractivity contribution in [3.63, 3.8) is 0 Å². The van der Waals surface area contributed by atoms with E-state index in [9.17, 15) is 8.78 Å². The largest absolute Gasteiger partial charge is 0.381 e. The summed E-state index contributed by atoms with van der Waals surface area (Å²) in [5, 5.41) is 0. The van der Waals surface area contributed by atoms with E-state index in [1.54, 1.807) is 6.92 Å². The Labute approximate surface area is 65.7 Å². The van der Waals surface area contributed by atoms with Gasteiger partial charge in [-0.3, -0.25) is 0 Å². The first-order valence-electron chi connectivity index (χ1n) is 3.93. The zero-order valence-corrected chi connectivity index (χ0v) is 6.94. The number of alkyl halides is 2. The van der Waals surface area contributed by atoms with Gasteiger partial charge in [0, 0.05) is 18.6 Å². The highest BCUT2D eigenvalue weighted by Gasteiger charge is 2.42. The molecule has 0 N–H and O–H groups in total. The van der Waals surface area contributed by atoms with E-state index >= 15 is 0 Å². The van der Waals surface area contributed by atoms with Gasteiger partial charge in [0.25, 0.3) is 0 Å². The second-order valence-corrected chi connectivity index (χ2v) is 3.53. The summed E-state index contributed by atoms with van der Waals surface area (Å²) in [6.07, 6.45) is -1.74. The molecule has 1 aliphatic rings. The molecule has 66 valence electrons. The molecule has 1 nitrogen and oxygen atoms in total. The standard InChI is InChI=1S/C8H14F2O/c1-6-5-11-4-3-8(6,2)7(9)10/h6-7H,3-5H2,1-2H3. The van der Waals surface area contributed by atoms with Gasteiger partial charge in [0.2, 0.25) is 6.43 Å². The summed E-state index contributed by atoms with van der Waals surface area (Å²) in [5.74, 6) is -0.0313. The van der Waals surface area contributed by atoms with Crippen LogP contribution in [0.5, 0.6) is 0 Å². The lowest BCUT2D eigenvalue weighted by atomic mass is 9.75. The van der Waals surface area contributed by atoms with Crippen LogP contribution in [-0.4, -0.2) is 19.6 Å². The molecule has 1 heterocycles. The molecule has 1 fully saturated rings. The second kappa shape index (κ2) is 3.05. The molecule has 3 heteroatoms. The number of halogens is 2. The fourth-order valence-electron chi connectivity index (χ4n) is 1.31. The molecule has 2 unspecified atom stereocenters. The van der Waals surface area contributed by atoms with Crippen LogP contribution in [0.4, 0.5) is 8.78 Å². The van der Waals surface area contributed by atoms with Crippen molar-refractivity contribution in [3.05, 3.63) is 0 Å². The molecule has 0 spiro atoms. The van der Waals surface area contributed by atoms with E-state index in [1.807, 2.05) is 6.92 Å². The van der Waals surface area contributed by atoms with Crippen molar-refractivity contribution in [2.75, 3.05) is 13.2 Å². The van der Waals surface area contributed by atoms with Crippen LogP contribution in [0.3, 0.4) is 0 Å². The number of hydrogen-bond donors (Lipinski definition) is 0. The first kappa shape index (κ1) is 8.91. The zero-order chi connectivity index (χ0) is 8.48. The molecule has 2 atom stereocenters. The molecule has 0 amide bonds. The lowest BCUT2D eigenvalue weighted by Crippen LogP contribution is -2.40. The normalized spacial score (nSPS) is 39.5. The minimum Gasteiger partial charge on any atom is -0.381 e. The van der Waals surface area contributed by atoms with Crippen molar-refractivity contribution in [3.8, 4) is 0 Å². The summed E-state index contributed by atoms with van der Waals surface area (Å²) in [7, 11) is 0. The molecular weight excluding hydrogens is 150 g/mol. The van der Waals surface area contributed by atoms with E-state index in [0.29, 0.717) is 19.6 Å². The van der Waals surface area contributed by atoms with Gasteiger partial charge in [-0.25, -0.2) is 8.78 Å². The fourth-order valence-corrected chi connectivity index (χ4v) is 1.31. The topological polar surface area (TPSA) is 9.23 Å². The van der Waals surface area contributed by atoms with Gasteiger partial charge in [0.05, 0.1) is 0 Å². The van der Waals surface area contributed by atoms with Gasteiger partial charge < -0.3 is 4.74 Å². The summed E-state index contributed by atoms with van der Waals surface area (Å²) in [6, 6.07) is 0. The van der Waals surface area contributed by atoms with Crippen molar-refractivity contribution in [2.24, 2.45) is 11.3 Å². The maximum atomic E-state index is 12.5. The van der Waals surface area contributed by atoms with Crippen molar-refractivity contribution in [1.29, 1.82) is 0 Å². The summed E-state index contributed by atoms with van der Waals surface area (Å²) < 4.78 is 30.1. The van der Waals surface area contributed by atoms with Crippen molar-refractivity contribution < 1.29 is 13.5 Å². The molecule has 0 aromatic carbocycles. The van der Waals surface area contributed by atoms with E-state index in [0.717, 1.165) is 0 Å². The molecule has 0 radical (unpaired) electrons. The molecule has 0 bridgehead atoms.